The predicted molar refractivity (Wildman–Crippen MR) is 162 cm³/mol. The van der Waals surface area contributed by atoms with Gasteiger partial charge in [0.15, 0.2) is 0 Å². The average molecular weight is 603 g/mol. The van der Waals surface area contributed by atoms with E-state index < -0.39 is 0 Å². The molecule has 0 spiro atoms. The number of carbonyl (C=O) groups excluding carboxylic acids is 2. The molecule has 0 atom stereocenters. The van der Waals surface area contributed by atoms with Gasteiger partial charge in [0.05, 0.1) is 13.7 Å². The Hall–Kier alpha value is -3.84. The van der Waals surface area contributed by atoms with E-state index in [4.69, 9.17) is 4.74 Å². The molecule has 208 valence electrons. The fraction of sp³-hybridized carbons (Fsp3) is 0.273. The van der Waals surface area contributed by atoms with Gasteiger partial charge < -0.3 is 19.1 Å². The molecule has 40 heavy (non-hydrogen) atoms. The SMILES string of the molecule is CCCCN(CC(=O)N(Cc1ccccc1)Cc1cccn1Cc1cccc(OC)c1)C(=O)c1ccc(Br)cc1. The first kappa shape index (κ1) is 29.2. The molecule has 0 fully saturated rings. The summed E-state index contributed by atoms with van der Waals surface area (Å²) >= 11 is 3.43. The molecule has 6 nitrogen and oxygen atoms in total. The van der Waals surface area contributed by atoms with E-state index >= 15 is 0 Å². The Morgan fingerprint density at radius 2 is 1.60 bits per heavy atom. The van der Waals surface area contributed by atoms with Crippen molar-refractivity contribution >= 4 is 27.7 Å². The van der Waals surface area contributed by atoms with Crippen LogP contribution in [0.4, 0.5) is 0 Å². The van der Waals surface area contributed by atoms with E-state index in [0.29, 0.717) is 31.7 Å². The third-order valence-corrected chi connectivity index (χ3v) is 7.35. The molecular formula is C33H36BrN3O3. The molecule has 0 saturated carbocycles. The molecule has 1 heterocycles. The number of amides is 2. The molecule has 2 amide bonds. The van der Waals surface area contributed by atoms with Crippen LogP contribution in [0.2, 0.25) is 0 Å². The van der Waals surface area contributed by atoms with E-state index in [2.05, 4.69) is 33.5 Å². The summed E-state index contributed by atoms with van der Waals surface area (Å²) in [6.45, 7) is 4.19. The van der Waals surface area contributed by atoms with Crippen LogP contribution in [0.25, 0.3) is 0 Å². The van der Waals surface area contributed by atoms with Crippen molar-refractivity contribution in [2.24, 2.45) is 0 Å². The molecule has 4 rings (SSSR count). The summed E-state index contributed by atoms with van der Waals surface area (Å²) in [6, 6.07) is 29.3. The van der Waals surface area contributed by atoms with Crippen LogP contribution < -0.4 is 4.74 Å². The third-order valence-electron chi connectivity index (χ3n) is 6.82. The summed E-state index contributed by atoms with van der Waals surface area (Å²) in [5.41, 5.74) is 3.75. The molecule has 3 aromatic carbocycles. The second-order valence-electron chi connectivity index (χ2n) is 9.80. The van der Waals surface area contributed by atoms with Gasteiger partial charge in [-0.05, 0) is 66.1 Å². The second kappa shape index (κ2) is 14.5. The summed E-state index contributed by atoms with van der Waals surface area (Å²) < 4.78 is 8.46. The molecule has 0 saturated heterocycles. The van der Waals surface area contributed by atoms with E-state index in [1.54, 1.807) is 24.1 Å². The van der Waals surface area contributed by atoms with Crippen molar-refractivity contribution in [1.29, 1.82) is 0 Å². The van der Waals surface area contributed by atoms with Crippen molar-refractivity contribution < 1.29 is 14.3 Å². The lowest BCUT2D eigenvalue weighted by atomic mass is 10.1. The highest BCUT2D eigenvalue weighted by Crippen LogP contribution is 2.18. The molecule has 0 aliphatic carbocycles. The third kappa shape index (κ3) is 8.09. The molecule has 1 aromatic heterocycles. The lowest BCUT2D eigenvalue weighted by Gasteiger charge is -2.28. The molecule has 7 heteroatoms. The highest BCUT2D eigenvalue weighted by atomic mass is 79.9. The zero-order valence-corrected chi connectivity index (χ0v) is 24.7. The van der Waals surface area contributed by atoms with E-state index in [1.807, 2.05) is 83.9 Å². The summed E-state index contributed by atoms with van der Waals surface area (Å²) in [5, 5.41) is 0. The summed E-state index contributed by atoms with van der Waals surface area (Å²) in [6.07, 6.45) is 3.80. The topological polar surface area (TPSA) is 54.8 Å². The lowest BCUT2D eigenvalue weighted by Crippen LogP contribution is -2.43. The first-order valence-electron chi connectivity index (χ1n) is 13.6. The maximum absolute atomic E-state index is 13.9. The van der Waals surface area contributed by atoms with Gasteiger partial charge in [-0.1, -0.05) is 71.7 Å². The first-order valence-corrected chi connectivity index (χ1v) is 14.4. The monoisotopic (exact) mass is 601 g/mol. The number of halogens is 1. The fourth-order valence-corrected chi connectivity index (χ4v) is 4.85. The zero-order chi connectivity index (χ0) is 28.3. The van der Waals surface area contributed by atoms with Crippen LogP contribution in [0.5, 0.6) is 5.75 Å². The highest BCUT2D eigenvalue weighted by Gasteiger charge is 2.23. The summed E-state index contributed by atoms with van der Waals surface area (Å²) in [5.74, 6) is 0.601. The number of carbonyl (C=O) groups is 2. The van der Waals surface area contributed by atoms with Gasteiger partial charge in [-0.3, -0.25) is 9.59 Å². The van der Waals surface area contributed by atoms with E-state index in [1.165, 1.54) is 0 Å². The quantitative estimate of drug-likeness (QED) is 0.170. The Balaban J connectivity index is 1.56. The number of hydrogen-bond acceptors (Lipinski definition) is 3. The number of unbranched alkanes of at least 4 members (excludes halogenated alkanes) is 1. The minimum absolute atomic E-state index is 0.0261. The van der Waals surface area contributed by atoms with E-state index in [9.17, 15) is 9.59 Å². The van der Waals surface area contributed by atoms with Gasteiger partial charge in [-0.15, -0.1) is 0 Å². The number of ether oxygens (including phenoxy) is 1. The molecule has 0 aliphatic heterocycles. The first-order chi connectivity index (χ1) is 19.5. The van der Waals surface area contributed by atoms with Crippen LogP contribution in [0.3, 0.4) is 0 Å². The standard InChI is InChI=1S/C33H36BrN3O3/c1-3-4-19-36(33(39)28-15-17-29(34)18-16-28)25-32(38)37(22-26-10-6-5-7-11-26)24-30-13-9-20-35(30)23-27-12-8-14-31(21-27)40-2/h5-18,20-21H,3-4,19,22-25H2,1-2H3. The van der Waals surface area contributed by atoms with Crippen LogP contribution >= 0.6 is 15.9 Å². The summed E-state index contributed by atoms with van der Waals surface area (Å²) in [7, 11) is 1.67. The van der Waals surface area contributed by atoms with Gasteiger partial charge in [-0.25, -0.2) is 0 Å². The fourth-order valence-electron chi connectivity index (χ4n) is 4.59. The Morgan fingerprint density at radius 3 is 2.33 bits per heavy atom. The smallest absolute Gasteiger partial charge is 0.254 e. The number of benzene rings is 3. The van der Waals surface area contributed by atoms with Crippen molar-refractivity contribution in [3.8, 4) is 5.75 Å². The van der Waals surface area contributed by atoms with Crippen molar-refractivity contribution in [3.05, 3.63) is 124 Å². The molecular weight excluding hydrogens is 566 g/mol. The van der Waals surface area contributed by atoms with Crippen LogP contribution in [-0.4, -0.2) is 46.4 Å². The van der Waals surface area contributed by atoms with Gasteiger partial charge in [0.1, 0.15) is 12.3 Å². The van der Waals surface area contributed by atoms with Crippen LogP contribution in [0.1, 0.15) is 46.9 Å². The second-order valence-corrected chi connectivity index (χ2v) is 10.7. The van der Waals surface area contributed by atoms with Crippen LogP contribution in [-0.2, 0) is 24.4 Å². The highest BCUT2D eigenvalue weighted by molar-refractivity contribution is 9.10. The van der Waals surface area contributed by atoms with Crippen molar-refractivity contribution in [2.45, 2.75) is 39.4 Å². The maximum Gasteiger partial charge on any atom is 0.254 e. The Bertz CT molecular complexity index is 1390. The van der Waals surface area contributed by atoms with Crippen LogP contribution in [0.15, 0.2) is 102 Å². The van der Waals surface area contributed by atoms with Gasteiger partial charge in [0.2, 0.25) is 5.91 Å². The zero-order valence-electron chi connectivity index (χ0n) is 23.1. The van der Waals surface area contributed by atoms with Gasteiger partial charge >= 0.3 is 0 Å². The van der Waals surface area contributed by atoms with E-state index in [0.717, 1.165) is 39.9 Å². The number of hydrogen-bond donors (Lipinski definition) is 0. The average Bonchev–Trinajstić information content (AvgIpc) is 3.41. The van der Waals surface area contributed by atoms with Crippen molar-refractivity contribution in [2.75, 3.05) is 20.2 Å². The predicted octanol–water partition coefficient (Wildman–Crippen LogP) is 6.78. The lowest BCUT2D eigenvalue weighted by molar-refractivity contribution is -0.133. The normalized spacial score (nSPS) is 10.8. The minimum Gasteiger partial charge on any atom is -0.497 e. The Kier molecular flexibility index (Phi) is 10.6. The number of aromatic nitrogens is 1. The van der Waals surface area contributed by atoms with Gasteiger partial charge in [0, 0.05) is 41.6 Å². The molecule has 0 aliphatic rings. The number of methoxy groups -OCH3 is 1. The Labute approximate surface area is 245 Å². The molecule has 4 aromatic rings. The number of rotatable bonds is 13. The Morgan fingerprint density at radius 1 is 0.850 bits per heavy atom. The molecule has 0 bridgehead atoms. The van der Waals surface area contributed by atoms with Crippen LogP contribution in [0, 0.1) is 0 Å². The van der Waals surface area contributed by atoms with Crippen molar-refractivity contribution in [1.82, 2.24) is 14.4 Å². The molecule has 0 N–H and O–H groups in total. The summed E-state index contributed by atoms with van der Waals surface area (Å²) in [4.78, 5) is 30.9. The van der Waals surface area contributed by atoms with Gasteiger partial charge in [0.25, 0.3) is 5.91 Å². The maximum atomic E-state index is 13.9. The largest absolute Gasteiger partial charge is 0.497 e. The minimum atomic E-state index is -0.129. The van der Waals surface area contributed by atoms with E-state index in [-0.39, 0.29) is 18.4 Å². The molecule has 0 unspecified atom stereocenters. The number of nitrogens with zero attached hydrogens (tertiary/aromatic N) is 3. The van der Waals surface area contributed by atoms with Crippen molar-refractivity contribution in [3.63, 3.8) is 0 Å². The molecule has 0 radical (unpaired) electrons. The van der Waals surface area contributed by atoms with Gasteiger partial charge in [-0.2, -0.15) is 0 Å².